The Labute approximate surface area is 190 Å². The van der Waals surface area contributed by atoms with E-state index in [1.165, 1.54) is 29.0 Å². The van der Waals surface area contributed by atoms with Crippen molar-refractivity contribution < 1.29 is 9.50 Å². The highest BCUT2D eigenvalue weighted by molar-refractivity contribution is 7.17. The summed E-state index contributed by atoms with van der Waals surface area (Å²) in [6.45, 7) is 7.40. The minimum absolute atomic E-state index is 0.0798. The first-order chi connectivity index (χ1) is 15.5. The van der Waals surface area contributed by atoms with Gasteiger partial charge >= 0.3 is 0 Å². The minimum atomic E-state index is -0.218. The Balaban J connectivity index is 1.47. The van der Waals surface area contributed by atoms with Crippen molar-refractivity contribution in [1.82, 2.24) is 19.5 Å². The van der Waals surface area contributed by atoms with Gasteiger partial charge in [0.15, 0.2) is 5.82 Å². The third kappa shape index (κ3) is 3.84. The summed E-state index contributed by atoms with van der Waals surface area (Å²) >= 11 is 1.50. The maximum Gasteiger partial charge on any atom is 0.230 e. The summed E-state index contributed by atoms with van der Waals surface area (Å²) in [6, 6.07) is 15.1. The standard InChI is InChI=1S/C24H26FN5OS/c1-3-20-26-24-30(27-20)23(31)22(32-24)21(17-6-4-5-16(2)15-17)29-13-11-28(12-14-29)19-9-7-18(25)8-10-19/h4-10,15,21,31H,3,11-14H2,1-2H3/t21-/m0/s1. The van der Waals surface area contributed by atoms with Gasteiger partial charge in [0.2, 0.25) is 10.8 Å². The van der Waals surface area contributed by atoms with Crippen molar-refractivity contribution in [2.24, 2.45) is 0 Å². The van der Waals surface area contributed by atoms with Crippen molar-refractivity contribution in [2.45, 2.75) is 26.3 Å². The molecule has 1 atom stereocenters. The zero-order valence-electron chi connectivity index (χ0n) is 18.2. The van der Waals surface area contributed by atoms with E-state index < -0.39 is 0 Å². The molecule has 0 radical (unpaired) electrons. The molecule has 8 heteroatoms. The van der Waals surface area contributed by atoms with Crippen LogP contribution in [0.2, 0.25) is 0 Å². The molecule has 0 bridgehead atoms. The molecule has 1 saturated heterocycles. The van der Waals surface area contributed by atoms with Crippen molar-refractivity contribution >= 4 is 22.0 Å². The number of fused-ring (bicyclic) bond motifs is 1. The fraction of sp³-hybridized carbons (Fsp3) is 0.333. The van der Waals surface area contributed by atoms with E-state index in [0.29, 0.717) is 0 Å². The van der Waals surface area contributed by atoms with Crippen molar-refractivity contribution in [1.29, 1.82) is 0 Å². The van der Waals surface area contributed by atoms with E-state index in [-0.39, 0.29) is 17.7 Å². The van der Waals surface area contributed by atoms with Crippen LogP contribution in [0.25, 0.3) is 4.96 Å². The molecule has 1 aliphatic rings. The van der Waals surface area contributed by atoms with E-state index in [2.05, 4.69) is 51.1 Å². The number of piperazine rings is 1. The first-order valence-electron chi connectivity index (χ1n) is 10.9. The Morgan fingerprint density at radius 2 is 1.84 bits per heavy atom. The van der Waals surface area contributed by atoms with Crippen LogP contribution < -0.4 is 4.90 Å². The number of halogens is 1. The largest absolute Gasteiger partial charge is 0.492 e. The fourth-order valence-electron chi connectivity index (χ4n) is 4.38. The van der Waals surface area contributed by atoms with Crippen molar-refractivity contribution in [3.05, 3.63) is 76.2 Å². The van der Waals surface area contributed by atoms with Crippen LogP contribution in [0.5, 0.6) is 5.88 Å². The number of anilines is 1. The second-order valence-corrected chi connectivity index (χ2v) is 9.19. The molecule has 0 saturated carbocycles. The summed E-state index contributed by atoms with van der Waals surface area (Å²) in [6.07, 6.45) is 0.732. The van der Waals surface area contributed by atoms with E-state index in [0.717, 1.165) is 59.5 Å². The summed E-state index contributed by atoms with van der Waals surface area (Å²) in [5.74, 6) is 0.688. The third-order valence-electron chi connectivity index (χ3n) is 6.04. The normalized spacial score (nSPS) is 16.0. The lowest BCUT2D eigenvalue weighted by Gasteiger charge is -2.40. The van der Waals surface area contributed by atoms with Gasteiger partial charge in [0.05, 0.1) is 10.9 Å². The molecule has 1 N–H and O–H groups in total. The van der Waals surface area contributed by atoms with E-state index in [4.69, 9.17) is 0 Å². The molecule has 2 aromatic carbocycles. The van der Waals surface area contributed by atoms with Gasteiger partial charge in [-0.25, -0.2) is 9.37 Å². The van der Waals surface area contributed by atoms with E-state index in [9.17, 15) is 9.50 Å². The molecule has 3 heterocycles. The summed E-state index contributed by atoms with van der Waals surface area (Å²) < 4.78 is 14.9. The van der Waals surface area contributed by atoms with Gasteiger partial charge < -0.3 is 10.0 Å². The average molecular weight is 452 g/mol. The number of aromatic hydroxyl groups is 1. The Morgan fingerprint density at radius 3 is 2.50 bits per heavy atom. The maximum atomic E-state index is 13.3. The van der Waals surface area contributed by atoms with Crippen molar-refractivity contribution in [3.63, 3.8) is 0 Å². The van der Waals surface area contributed by atoms with Crippen molar-refractivity contribution in [3.8, 4) is 5.88 Å². The molecule has 6 nitrogen and oxygen atoms in total. The Morgan fingerprint density at radius 1 is 1.09 bits per heavy atom. The molecule has 0 amide bonds. The molecule has 1 fully saturated rings. The van der Waals surface area contributed by atoms with Crippen LogP contribution in [0.4, 0.5) is 10.1 Å². The Kier molecular flexibility index (Phi) is 5.57. The van der Waals surface area contributed by atoms with Gasteiger partial charge in [0.25, 0.3) is 0 Å². The van der Waals surface area contributed by atoms with Crippen LogP contribution in [0, 0.1) is 12.7 Å². The third-order valence-corrected chi connectivity index (χ3v) is 7.11. The van der Waals surface area contributed by atoms with Crippen molar-refractivity contribution in [2.75, 3.05) is 31.1 Å². The molecule has 32 heavy (non-hydrogen) atoms. The maximum absolute atomic E-state index is 13.3. The molecule has 0 aliphatic carbocycles. The predicted molar refractivity (Wildman–Crippen MR) is 125 cm³/mol. The van der Waals surface area contributed by atoms with Crippen LogP contribution in [0.15, 0.2) is 48.5 Å². The smallest absolute Gasteiger partial charge is 0.230 e. The number of hydrogen-bond acceptors (Lipinski definition) is 6. The highest BCUT2D eigenvalue weighted by Crippen LogP contribution is 2.40. The van der Waals surface area contributed by atoms with Gasteiger partial charge in [0.1, 0.15) is 5.82 Å². The minimum Gasteiger partial charge on any atom is -0.492 e. The molecular weight excluding hydrogens is 425 g/mol. The SMILES string of the molecule is CCc1nc2sc([C@H](c3cccc(C)c3)N3CCN(c4ccc(F)cc4)CC3)c(O)n2n1. The van der Waals surface area contributed by atoms with Crippen LogP contribution in [-0.2, 0) is 6.42 Å². The summed E-state index contributed by atoms with van der Waals surface area (Å²) in [5, 5.41) is 15.5. The molecule has 5 rings (SSSR count). The molecule has 4 aromatic rings. The number of rotatable bonds is 5. The van der Waals surface area contributed by atoms with Crippen LogP contribution >= 0.6 is 11.3 Å². The zero-order chi connectivity index (χ0) is 22.2. The Bertz CT molecular complexity index is 1230. The zero-order valence-corrected chi connectivity index (χ0v) is 19.0. The topological polar surface area (TPSA) is 56.9 Å². The lowest BCUT2D eigenvalue weighted by atomic mass is 10.0. The van der Waals surface area contributed by atoms with Gasteiger partial charge in [-0.05, 0) is 36.8 Å². The van der Waals surface area contributed by atoms with Gasteiger partial charge in [-0.15, -0.1) is 5.10 Å². The second-order valence-electron chi connectivity index (χ2n) is 8.18. The summed E-state index contributed by atoms with van der Waals surface area (Å²) in [4.78, 5) is 10.8. The van der Waals surface area contributed by atoms with Gasteiger partial charge in [-0.3, -0.25) is 4.90 Å². The number of hydrogen-bond donors (Lipinski definition) is 1. The van der Waals surface area contributed by atoms with Gasteiger partial charge in [-0.2, -0.15) is 4.52 Å². The van der Waals surface area contributed by atoms with E-state index >= 15 is 0 Å². The van der Waals surface area contributed by atoms with Gasteiger partial charge in [-0.1, -0.05) is 48.1 Å². The lowest BCUT2D eigenvalue weighted by molar-refractivity contribution is 0.211. The van der Waals surface area contributed by atoms with E-state index in [1.54, 1.807) is 4.52 Å². The number of thiazole rings is 1. The molecule has 2 aromatic heterocycles. The van der Waals surface area contributed by atoms with Crippen LogP contribution in [0.1, 0.15) is 34.8 Å². The Hall–Kier alpha value is -2.97. The van der Waals surface area contributed by atoms with Crippen LogP contribution in [0.3, 0.4) is 0 Å². The molecule has 1 aliphatic heterocycles. The number of benzene rings is 2. The molecule has 166 valence electrons. The second kappa shape index (κ2) is 8.52. The average Bonchev–Trinajstić information content (AvgIpc) is 3.34. The van der Waals surface area contributed by atoms with E-state index in [1.807, 2.05) is 19.1 Å². The number of aromatic nitrogens is 3. The highest BCUT2D eigenvalue weighted by atomic mass is 32.1. The van der Waals surface area contributed by atoms with Gasteiger partial charge in [0, 0.05) is 38.3 Å². The lowest BCUT2D eigenvalue weighted by Crippen LogP contribution is -2.47. The molecular formula is C24H26FN5OS. The first kappa shape index (κ1) is 20.9. The molecule has 0 unspecified atom stereocenters. The number of aryl methyl sites for hydroxylation is 2. The first-order valence-corrected chi connectivity index (χ1v) is 11.7. The number of nitrogens with zero attached hydrogens (tertiary/aromatic N) is 5. The van der Waals surface area contributed by atoms with Crippen LogP contribution in [-0.4, -0.2) is 50.8 Å². The fourth-order valence-corrected chi connectivity index (χ4v) is 5.51. The summed E-state index contributed by atoms with van der Waals surface area (Å²) in [7, 11) is 0. The highest BCUT2D eigenvalue weighted by Gasteiger charge is 2.32. The molecule has 0 spiro atoms. The summed E-state index contributed by atoms with van der Waals surface area (Å²) in [5.41, 5.74) is 3.37. The predicted octanol–water partition coefficient (Wildman–Crippen LogP) is 4.42. The monoisotopic (exact) mass is 451 g/mol. The quantitative estimate of drug-likeness (QED) is 0.487.